The van der Waals surface area contributed by atoms with Gasteiger partial charge in [-0.05, 0) is 94.3 Å². The second kappa shape index (κ2) is 14.0. The predicted octanol–water partition coefficient (Wildman–Crippen LogP) is 5.41. The molecule has 4 rings (SSSR count). The van der Waals surface area contributed by atoms with Gasteiger partial charge in [-0.3, -0.25) is 14.4 Å². The van der Waals surface area contributed by atoms with Crippen LogP contribution in [0.4, 0.5) is 10.5 Å². The van der Waals surface area contributed by atoms with Crippen molar-refractivity contribution in [3.63, 3.8) is 0 Å². The second-order valence-electron chi connectivity index (χ2n) is 12.8. The van der Waals surface area contributed by atoms with E-state index in [9.17, 15) is 18.0 Å². The highest BCUT2D eigenvalue weighted by molar-refractivity contribution is 7.92. The highest BCUT2D eigenvalue weighted by Crippen LogP contribution is 2.28. The summed E-state index contributed by atoms with van der Waals surface area (Å²) in [6.07, 6.45) is 7.49. The Balaban J connectivity index is 1.33. The molecule has 2 fully saturated rings. The molecule has 1 aliphatic carbocycles. The maximum Gasteiger partial charge on any atom is 0.408 e. The molecule has 2 aromatic carbocycles. The highest BCUT2D eigenvalue weighted by atomic mass is 32.2. The molecule has 0 spiro atoms. The molecule has 1 saturated heterocycles. The molecule has 0 atom stereocenters. The molecule has 43 heavy (non-hydrogen) atoms. The van der Waals surface area contributed by atoms with Gasteiger partial charge in [0.2, 0.25) is 15.9 Å². The fourth-order valence-electron chi connectivity index (χ4n) is 5.66. The van der Waals surface area contributed by atoms with Crippen LogP contribution >= 0.6 is 0 Å². The van der Waals surface area contributed by atoms with E-state index < -0.39 is 27.3 Å². The van der Waals surface area contributed by atoms with Crippen LogP contribution in [-0.2, 0) is 26.1 Å². The van der Waals surface area contributed by atoms with Gasteiger partial charge in [0.05, 0.1) is 6.26 Å². The number of likely N-dealkylation sites (tertiary alicyclic amines) is 1. The van der Waals surface area contributed by atoms with Gasteiger partial charge in [-0.1, -0.05) is 31.4 Å². The SMILES string of the molecule is CC(C)(C)OC(=O)NC1(C(=O)NCC2CCCCC2)CCN(Cc2ccc(Oc3ccc(NS(C)(=O)=O)cc3)cc2)CC1. The topological polar surface area (TPSA) is 126 Å². The monoisotopic (exact) mass is 614 g/mol. The first-order valence-corrected chi connectivity index (χ1v) is 17.0. The van der Waals surface area contributed by atoms with Crippen LogP contribution in [0, 0.1) is 5.92 Å². The third-order valence-electron chi connectivity index (χ3n) is 7.88. The predicted molar refractivity (Wildman–Crippen MR) is 168 cm³/mol. The van der Waals surface area contributed by atoms with E-state index in [2.05, 4.69) is 20.3 Å². The first-order chi connectivity index (χ1) is 20.3. The molecular formula is C32H46N4O6S. The van der Waals surface area contributed by atoms with Crippen LogP contribution in [0.15, 0.2) is 48.5 Å². The minimum atomic E-state index is -3.33. The maximum atomic E-state index is 13.6. The zero-order chi connectivity index (χ0) is 31.1. The summed E-state index contributed by atoms with van der Waals surface area (Å²) in [6.45, 7) is 8.11. The Morgan fingerprint density at radius 1 is 0.930 bits per heavy atom. The summed E-state index contributed by atoms with van der Waals surface area (Å²) in [5, 5.41) is 6.12. The average Bonchev–Trinajstić information content (AvgIpc) is 2.94. The zero-order valence-corrected chi connectivity index (χ0v) is 26.6. The number of piperidine rings is 1. The van der Waals surface area contributed by atoms with E-state index in [1.807, 2.05) is 45.0 Å². The van der Waals surface area contributed by atoms with E-state index in [4.69, 9.17) is 9.47 Å². The number of hydrogen-bond donors (Lipinski definition) is 3. The molecule has 0 aromatic heterocycles. The number of nitrogens with one attached hydrogen (secondary N) is 3. The quantitative estimate of drug-likeness (QED) is 0.327. The van der Waals surface area contributed by atoms with Crippen LogP contribution in [0.1, 0.15) is 71.3 Å². The minimum absolute atomic E-state index is 0.120. The fraction of sp³-hybridized carbons (Fsp3) is 0.562. The number of sulfonamides is 1. The number of hydrogen-bond acceptors (Lipinski definition) is 7. The normalized spacial score (nSPS) is 18.0. The van der Waals surface area contributed by atoms with Crippen molar-refractivity contribution < 1.29 is 27.5 Å². The third-order valence-corrected chi connectivity index (χ3v) is 8.49. The number of benzene rings is 2. The van der Waals surface area contributed by atoms with Gasteiger partial charge in [0, 0.05) is 31.9 Å². The van der Waals surface area contributed by atoms with Gasteiger partial charge in [-0.2, -0.15) is 0 Å². The van der Waals surface area contributed by atoms with Crippen LogP contribution in [0.5, 0.6) is 11.5 Å². The van der Waals surface area contributed by atoms with Gasteiger partial charge >= 0.3 is 6.09 Å². The third kappa shape index (κ3) is 10.4. The number of rotatable bonds is 10. The summed E-state index contributed by atoms with van der Waals surface area (Å²) in [5.74, 6) is 1.64. The second-order valence-corrected chi connectivity index (χ2v) is 14.6. The Morgan fingerprint density at radius 3 is 2.07 bits per heavy atom. The molecule has 10 nitrogen and oxygen atoms in total. The van der Waals surface area contributed by atoms with Gasteiger partial charge in [-0.25, -0.2) is 13.2 Å². The number of carbonyl (C=O) groups is 2. The van der Waals surface area contributed by atoms with Crippen LogP contribution in [0.2, 0.25) is 0 Å². The molecule has 236 valence electrons. The number of carbonyl (C=O) groups excluding carboxylic acids is 2. The van der Waals surface area contributed by atoms with Gasteiger partial charge in [0.15, 0.2) is 0 Å². The Labute approximate surface area is 255 Å². The largest absolute Gasteiger partial charge is 0.457 e. The summed E-state index contributed by atoms with van der Waals surface area (Å²) >= 11 is 0. The standard InChI is InChI=1S/C32H46N4O6S/c1-31(2,3)42-30(38)34-32(29(37)33-22-24-8-6-5-7-9-24)18-20-36(21-19-32)23-25-10-14-27(15-11-25)41-28-16-12-26(13-17-28)35-43(4,39)40/h10-17,24,35H,5-9,18-23H2,1-4H3,(H,33,37)(H,34,38). The van der Waals surface area contributed by atoms with E-state index >= 15 is 0 Å². The highest BCUT2D eigenvalue weighted by Gasteiger charge is 2.43. The van der Waals surface area contributed by atoms with Crippen molar-refractivity contribution in [3.8, 4) is 11.5 Å². The van der Waals surface area contributed by atoms with Crippen LogP contribution < -0.4 is 20.1 Å². The fourth-order valence-corrected chi connectivity index (χ4v) is 6.22. The first kappa shape index (κ1) is 32.6. The summed E-state index contributed by atoms with van der Waals surface area (Å²) in [4.78, 5) is 28.6. The molecule has 1 heterocycles. The molecule has 3 N–H and O–H groups in total. The molecular weight excluding hydrogens is 568 g/mol. The number of alkyl carbamates (subject to hydrolysis) is 1. The van der Waals surface area contributed by atoms with Crippen LogP contribution in [0.3, 0.4) is 0 Å². The maximum absolute atomic E-state index is 13.6. The Bertz CT molecular complexity index is 1330. The van der Waals surface area contributed by atoms with Crippen molar-refractivity contribution in [1.29, 1.82) is 0 Å². The molecule has 2 amide bonds. The van der Waals surface area contributed by atoms with Crippen molar-refractivity contribution in [1.82, 2.24) is 15.5 Å². The summed E-state index contributed by atoms with van der Waals surface area (Å²) < 4.78 is 36.7. The first-order valence-electron chi connectivity index (χ1n) is 15.2. The molecule has 0 radical (unpaired) electrons. The summed E-state index contributed by atoms with van der Waals surface area (Å²) in [7, 11) is -3.33. The molecule has 2 aliphatic rings. The Morgan fingerprint density at radius 2 is 1.51 bits per heavy atom. The lowest BCUT2D eigenvalue weighted by Gasteiger charge is -2.41. The molecule has 1 saturated carbocycles. The van der Waals surface area contributed by atoms with E-state index in [0.717, 1.165) is 24.7 Å². The number of anilines is 1. The number of ether oxygens (including phenoxy) is 2. The van der Waals surface area contributed by atoms with Crippen molar-refractivity contribution >= 4 is 27.7 Å². The Hall–Kier alpha value is -3.31. The lowest BCUT2D eigenvalue weighted by molar-refractivity contribution is -0.130. The van der Waals surface area contributed by atoms with E-state index in [-0.39, 0.29) is 5.91 Å². The number of nitrogens with zero attached hydrogens (tertiary/aromatic N) is 1. The molecule has 0 bridgehead atoms. The lowest BCUT2D eigenvalue weighted by Crippen LogP contribution is -2.64. The number of amides is 2. The molecule has 0 unspecified atom stereocenters. The van der Waals surface area contributed by atoms with E-state index in [1.165, 1.54) is 19.3 Å². The lowest BCUT2D eigenvalue weighted by atomic mass is 9.85. The molecule has 2 aromatic rings. The van der Waals surface area contributed by atoms with E-state index in [1.54, 1.807) is 24.3 Å². The Kier molecular flexibility index (Phi) is 10.6. The van der Waals surface area contributed by atoms with Gasteiger partial charge in [0.1, 0.15) is 22.6 Å². The smallest absolute Gasteiger partial charge is 0.408 e. The summed E-state index contributed by atoms with van der Waals surface area (Å²) in [5.41, 5.74) is -0.0789. The van der Waals surface area contributed by atoms with Gasteiger partial charge < -0.3 is 20.1 Å². The molecule has 11 heteroatoms. The summed E-state index contributed by atoms with van der Waals surface area (Å²) in [6, 6.07) is 14.5. The van der Waals surface area contributed by atoms with Gasteiger partial charge in [0.25, 0.3) is 0 Å². The molecule has 1 aliphatic heterocycles. The zero-order valence-electron chi connectivity index (χ0n) is 25.8. The minimum Gasteiger partial charge on any atom is -0.457 e. The average molecular weight is 615 g/mol. The van der Waals surface area contributed by atoms with Crippen molar-refractivity contribution in [3.05, 3.63) is 54.1 Å². The van der Waals surface area contributed by atoms with Crippen molar-refractivity contribution in [2.45, 2.75) is 83.4 Å². The van der Waals surface area contributed by atoms with E-state index in [0.29, 0.717) is 62.1 Å². The van der Waals surface area contributed by atoms with Gasteiger partial charge in [-0.15, -0.1) is 0 Å². The van der Waals surface area contributed by atoms with Crippen LogP contribution in [-0.4, -0.2) is 62.3 Å². The van der Waals surface area contributed by atoms with Crippen molar-refractivity contribution in [2.24, 2.45) is 5.92 Å². The van der Waals surface area contributed by atoms with Crippen molar-refractivity contribution in [2.75, 3.05) is 30.6 Å². The van der Waals surface area contributed by atoms with Crippen LogP contribution in [0.25, 0.3) is 0 Å².